The van der Waals surface area contributed by atoms with Gasteiger partial charge in [-0.2, -0.15) is 0 Å². The Morgan fingerprint density at radius 2 is 1.92 bits per heavy atom. The first kappa shape index (κ1) is 10.5. The third-order valence-corrected chi connectivity index (χ3v) is 2.91. The molecule has 0 aromatic heterocycles. The number of piperidine rings is 1. The molecule has 0 aliphatic carbocycles. The van der Waals surface area contributed by atoms with Crippen molar-refractivity contribution < 1.29 is 0 Å². The monoisotopic (exact) mass is 183 g/mol. The Kier molecular flexibility index (Phi) is 3.31. The Balaban J connectivity index is 2.21. The van der Waals surface area contributed by atoms with Crippen LogP contribution < -0.4 is 5.73 Å². The molecule has 0 amide bonds. The summed E-state index contributed by atoms with van der Waals surface area (Å²) in [4.78, 5) is 2.41. The first-order chi connectivity index (χ1) is 5.99. The molecule has 1 aliphatic rings. The summed E-state index contributed by atoms with van der Waals surface area (Å²) in [6.45, 7) is 7.95. The number of hydrogen-bond acceptors (Lipinski definition) is 2. The molecule has 0 spiro atoms. The Hall–Kier alpha value is -0.570. The summed E-state index contributed by atoms with van der Waals surface area (Å²) >= 11 is 0. The first-order valence-electron chi connectivity index (χ1n) is 5.05. The maximum atomic E-state index is 7.14. The molecule has 13 heavy (non-hydrogen) atoms. The summed E-state index contributed by atoms with van der Waals surface area (Å²) < 4.78 is 0. The molecule has 1 aliphatic heterocycles. The lowest BCUT2D eigenvalue weighted by molar-refractivity contribution is 0.135. The van der Waals surface area contributed by atoms with Gasteiger partial charge in [0.2, 0.25) is 0 Å². The van der Waals surface area contributed by atoms with Crippen molar-refractivity contribution in [2.24, 2.45) is 11.1 Å². The molecule has 0 saturated carbocycles. The summed E-state index contributed by atoms with van der Waals surface area (Å²) in [7, 11) is 0. The third kappa shape index (κ3) is 3.77. The Bertz CT molecular complexity index is 177. The molecule has 0 atom stereocenters. The lowest BCUT2D eigenvalue weighted by Crippen LogP contribution is -2.38. The molecule has 1 saturated heterocycles. The average molecular weight is 183 g/mol. The van der Waals surface area contributed by atoms with Crippen LogP contribution in [0.15, 0.2) is 0 Å². The maximum absolute atomic E-state index is 7.14. The van der Waals surface area contributed by atoms with Gasteiger partial charge < -0.3 is 10.6 Å². The Morgan fingerprint density at radius 3 is 2.38 bits per heavy atom. The van der Waals surface area contributed by atoms with Gasteiger partial charge in [0.05, 0.1) is 5.84 Å². The van der Waals surface area contributed by atoms with Gasteiger partial charge in [-0.25, -0.2) is 0 Å². The number of nitrogens with two attached hydrogens (primary N) is 1. The molecule has 3 N–H and O–H groups in total. The van der Waals surface area contributed by atoms with E-state index >= 15 is 0 Å². The lowest BCUT2D eigenvalue weighted by atomic mass is 9.83. The van der Waals surface area contributed by atoms with E-state index in [4.69, 9.17) is 11.1 Å². The van der Waals surface area contributed by atoms with Crippen LogP contribution in [-0.2, 0) is 0 Å². The standard InChI is InChI=1S/C10H21N3/c1-10(2)4-7-13(8-5-10)6-3-9(11)12/h3-8H2,1-2H3,(H3,11,12). The van der Waals surface area contributed by atoms with Crippen LogP contribution in [0.2, 0.25) is 0 Å². The van der Waals surface area contributed by atoms with Crippen LogP contribution in [-0.4, -0.2) is 30.4 Å². The highest BCUT2D eigenvalue weighted by Gasteiger charge is 2.24. The molecule has 0 radical (unpaired) electrons. The van der Waals surface area contributed by atoms with Crippen LogP contribution in [0.3, 0.4) is 0 Å². The summed E-state index contributed by atoms with van der Waals surface area (Å²) in [5.74, 6) is 0.310. The van der Waals surface area contributed by atoms with E-state index < -0.39 is 0 Å². The summed E-state index contributed by atoms with van der Waals surface area (Å²) in [5.41, 5.74) is 5.84. The first-order valence-corrected chi connectivity index (χ1v) is 5.05. The summed E-state index contributed by atoms with van der Waals surface area (Å²) in [5, 5.41) is 7.14. The highest BCUT2D eigenvalue weighted by atomic mass is 15.1. The summed E-state index contributed by atoms with van der Waals surface area (Å²) in [6, 6.07) is 0. The number of nitrogens with one attached hydrogen (secondary N) is 1. The highest BCUT2D eigenvalue weighted by Crippen LogP contribution is 2.29. The fourth-order valence-electron chi connectivity index (χ4n) is 1.66. The van der Waals surface area contributed by atoms with Crippen LogP contribution in [0.25, 0.3) is 0 Å². The van der Waals surface area contributed by atoms with E-state index in [0.717, 1.165) is 13.0 Å². The Labute approximate surface area is 80.8 Å². The number of rotatable bonds is 3. The van der Waals surface area contributed by atoms with Gasteiger partial charge in [-0.15, -0.1) is 0 Å². The van der Waals surface area contributed by atoms with Gasteiger partial charge >= 0.3 is 0 Å². The molecule has 3 nitrogen and oxygen atoms in total. The molecular formula is C10H21N3. The van der Waals surface area contributed by atoms with Crippen molar-refractivity contribution in [2.45, 2.75) is 33.1 Å². The number of amidine groups is 1. The lowest BCUT2D eigenvalue weighted by Gasteiger charge is -2.36. The maximum Gasteiger partial charge on any atom is 0.0918 e. The van der Waals surface area contributed by atoms with Crippen LogP contribution in [0.4, 0.5) is 0 Å². The van der Waals surface area contributed by atoms with Gasteiger partial charge in [-0.1, -0.05) is 13.8 Å². The van der Waals surface area contributed by atoms with Crippen molar-refractivity contribution in [3.8, 4) is 0 Å². The van der Waals surface area contributed by atoms with Crippen molar-refractivity contribution in [2.75, 3.05) is 19.6 Å². The second-order valence-electron chi connectivity index (χ2n) is 4.78. The number of likely N-dealkylation sites (tertiary alicyclic amines) is 1. The van der Waals surface area contributed by atoms with Gasteiger partial charge in [-0.05, 0) is 31.3 Å². The zero-order chi connectivity index (χ0) is 9.90. The molecule has 76 valence electrons. The molecule has 1 heterocycles. The molecule has 0 unspecified atom stereocenters. The predicted molar refractivity (Wildman–Crippen MR) is 56.0 cm³/mol. The molecular weight excluding hydrogens is 162 g/mol. The van der Waals surface area contributed by atoms with Crippen LogP contribution >= 0.6 is 0 Å². The second-order valence-corrected chi connectivity index (χ2v) is 4.78. The number of nitrogens with zero attached hydrogens (tertiary/aromatic N) is 1. The third-order valence-electron chi connectivity index (χ3n) is 2.91. The van der Waals surface area contributed by atoms with Gasteiger partial charge in [0.15, 0.2) is 0 Å². The molecule has 1 fully saturated rings. The van der Waals surface area contributed by atoms with Crippen LogP contribution in [0, 0.1) is 10.8 Å². The fourth-order valence-corrected chi connectivity index (χ4v) is 1.66. The van der Waals surface area contributed by atoms with E-state index in [1.807, 2.05) is 0 Å². The molecule has 0 aromatic rings. The summed E-state index contributed by atoms with van der Waals surface area (Å²) in [6.07, 6.45) is 3.26. The van der Waals surface area contributed by atoms with E-state index in [1.165, 1.54) is 25.9 Å². The van der Waals surface area contributed by atoms with E-state index in [-0.39, 0.29) is 0 Å². The van der Waals surface area contributed by atoms with E-state index in [1.54, 1.807) is 0 Å². The molecule has 3 heteroatoms. The predicted octanol–water partition coefficient (Wildman–Crippen LogP) is 1.43. The quantitative estimate of drug-likeness (QED) is 0.514. The molecule has 0 aromatic carbocycles. The molecule has 0 bridgehead atoms. The van der Waals surface area contributed by atoms with Crippen molar-refractivity contribution in [1.82, 2.24) is 4.90 Å². The minimum absolute atomic E-state index is 0.310. The van der Waals surface area contributed by atoms with E-state index in [0.29, 0.717) is 11.3 Å². The fraction of sp³-hybridized carbons (Fsp3) is 0.900. The zero-order valence-corrected chi connectivity index (χ0v) is 8.77. The second kappa shape index (κ2) is 4.09. The van der Waals surface area contributed by atoms with Crippen molar-refractivity contribution in [1.29, 1.82) is 5.41 Å². The van der Waals surface area contributed by atoms with Gasteiger partial charge in [0.25, 0.3) is 0 Å². The SMILES string of the molecule is CC1(C)CCN(CCC(=N)N)CC1. The van der Waals surface area contributed by atoms with E-state index in [9.17, 15) is 0 Å². The van der Waals surface area contributed by atoms with Crippen molar-refractivity contribution in [3.05, 3.63) is 0 Å². The Morgan fingerprint density at radius 1 is 1.38 bits per heavy atom. The van der Waals surface area contributed by atoms with Gasteiger partial charge in [0.1, 0.15) is 0 Å². The minimum atomic E-state index is 0.310. The van der Waals surface area contributed by atoms with Crippen molar-refractivity contribution in [3.63, 3.8) is 0 Å². The minimum Gasteiger partial charge on any atom is -0.388 e. The largest absolute Gasteiger partial charge is 0.388 e. The van der Waals surface area contributed by atoms with Gasteiger partial charge in [0, 0.05) is 13.0 Å². The zero-order valence-electron chi connectivity index (χ0n) is 8.77. The normalized spacial score (nSPS) is 22.9. The topological polar surface area (TPSA) is 53.1 Å². The van der Waals surface area contributed by atoms with Crippen LogP contribution in [0.1, 0.15) is 33.1 Å². The van der Waals surface area contributed by atoms with Crippen molar-refractivity contribution >= 4 is 5.84 Å². The highest BCUT2D eigenvalue weighted by molar-refractivity contribution is 5.76. The van der Waals surface area contributed by atoms with Gasteiger partial charge in [-0.3, -0.25) is 5.41 Å². The van der Waals surface area contributed by atoms with E-state index in [2.05, 4.69) is 18.7 Å². The van der Waals surface area contributed by atoms with Crippen LogP contribution in [0.5, 0.6) is 0 Å². The molecule has 1 rings (SSSR count). The smallest absolute Gasteiger partial charge is 0.0918 e. The number of hydrogen-bond donors (Lipinski definition) is 2. The average Bonchev–Trinajstić information content (AvgIpc) is 2.02.